The number of anilines is 4. The van der Waals surface area contributed by atoms with Crippen LogP contribution in [0.5, 0.6) is 11.5 Å². The summed E-state index contributed by atoms with van der Waals surface area (Å²) in [5, 5.41) is 8.00. The zero-order chi connectivity index (χ0) is 31.0. The fourth-order valence-corrected chi connectivity index (χ4v) is 6.14. The molecule has 0 unspecified atom stereocenters. The zero-order valence-corrected chi connectivity index (χ0v) is 25.0. The van der Waals surface area contributed by atoms with E-state index in [1.54, 1.807) is 12.1 Å². The van der Waals surface area contributed by atoms with Crippen LogP contribution in [0.4, 0.5) is 22.7 Å². The van der Waals surface area contributed by atoms with Crippen molar-refractivity contribution in [3.05, 3.63) is 108 Å². The SMILES string of the molecule is O=C(Nc1ccc2c(c1)Oc1cc(NC(=O)c3ccc4[nH]ccc4c3)ccc1N2CCN1CCOCC1)c1ccc2[nH]ccc2c1. The van der Waals surface area contributed by atoms with E-state index in [0.717, 1.165) is 72.6 Å². The van der Waals surface area contributed by atoms with Crippen LogP contribution in [0, 0.1) is 0 Å². The number of carbonyl (C=O) groups is 2. The van der Waals surface area contributed by atoms with Crippen molar-refractivity contribution in [1.82, 2.24) is 14.9 Å². The van der Waals surface area contributed by atoms with E-state index in [2.05, 4.69) is 30.4 Å². The van der Waals surface area contributed by atoms with Crippen LogP contribution < -0.4 is 20.3 Å². The van der Waals surface area contributed by atoms with Crippen LogP contribution in [0.3, 0.4) is 0 Å². The van der Waals surface area contributed by atoms with Crippen LogP contribution in [0.1, 0.15) is 20.7 Å². The van der Waals surface area contributed by atoms with Crippen LogP contribution in [0.25, 0.3) is 21.8 Å². The molecule has 4 aromatic carbocycles. The number of fused-ring (bicyclic) bond motifs is 4. The average molecular weight is 613 g/mol. The molecule has 4 N–H and O–H groups in total. The molecular formula is C36H32N6O4. The molecule has 10 nitrogen and oxygen atoms in total. The topological polar surface area (TPSA) is 115 Å². The molecule has 10 heteroatoms. The standard InChI is InChI=1S/C36H32N6O4/c43-35(25-1-5-29-23(19-25)9-11-37-29)39-27-3-7-31-33(21-27)46-34-22-28(40-36(44)26-2-6-30-24(20-26)10-12-38-30)4-8-32(34)42(31)14-13-41-15-17-45-18-16-41/h1-12,19-22,37-38H,13-18H2,(H,39,43)(H,40,44). The highest BCUT2D eigenvalue weighted by atomic mass is 16.5. The molecule has 46 heavy (non-hydrogen) atoms. The van der Waals surface area contributed by atoms with Gasteiger partial charge < -0.3 is 35.0 Å². The Kier molecular flexibility index (Phi) is 7.13. The monoisotopic (exact) mass is 612 g/mol. The summed E-state index contributed by atoms with van der Waals surface area (Å²) in [6, 6.07) is 26.5. The molecule has 2 aromatic heterocycles. The molecule has 230 valence electrons. The van der Waals surface area contributed by atoms with Crippen molar-refractivity contribution in [2.45, 2.75) is 0 Å². The van der Waals surface area contributed by atoms with Crippen LogP contribution in [-0.4, -0.2) is 66.1 Å². The van der Waals surface area contributed by atoms with Crippen molar-refractivity contribution < 1.29 is 19.1 Å². The first-order valence-corrected chi connectivity index (χ1v) is 15.4. The third kappa shape index (κ3) is 5.44. The number of nitrogens with zero attached hydrogens (tertiary/aromatic N) is 2. The predicted molar refractivity (Wildman–Crippen MR) is 180 cm³/mol. The molecule has 0 spiro atoms. The lowest BCUT2D eigenvalue weighted by Crippen LogP contribution is -2.41. The summed E-state index contributed by atoms with van der Waals surface area (Å²) < 4.78 is 12.0. The predicted octanol–water partition coefficient (Wildman–Crippen LogP) is 6.73. The molecule has 1 saturated heterocycles. The van der Waals surface area contributed by atoms with Crippen LogP contribution >= 0.6 is 0 Å². The molecule has 2 aliphatic heterocycles. The third-order valence-electron chi connectivity index (χ3n) is 8.61. The lowest BCUT2D eigenvalue weighted by molar-refractivity contribution is 0.0393. The minimum Gasteiger partial charge on any atom is -0.453 e. The smallest absolute Gasteiger partial charge is 0.255 e. The Morgan fingerprint density at radius 1 is 0.652 bits per heavy atom. The Morgan fingerprint density at radius 3 is 1.74 bits per heavy atom. The number of hydrogen-bond donors (Lipinski definition) is 4. The maximum absolute atomic E-state index is 13.2. The second-order valence-corrected chi connectivity index (χ2v) is 11.5. The summed E-state index contributed by atoms with van der Waals surface area (Å²) in [5.74, 6) is 0.835. The number of rotatable bonds is 7. The summed E-state index contributed by atoms with van der Waals surface area (Å²) in [4.78, 5) is 37.3. The van der Waals surface area contributed by atoms with E-state index in [1.807, 2.05) is 85.2 Å². The number of carbonyl (C=O) groups excluding carboxylic acids is 2. The van der Waals surface area contributed by atoms with Crippen LogP contribution in [0.15, 0.2) is 97.3 Å². The maximum atomic E-state index is 13.2. The maximum Gasteiger partial charge on any atom is 0.255 e. The van der Waals surface area contributed by atoms with Crippen molar-refractivity contribution in [2.75, 3.05) is 54.9 Å². The van der Waals surface area contributed by atoms with Crippen molar-refractivity contribution in [1.29, 1.82) is 0 Å². The fourth-order valence-electron chi connectivity index (χ4n) is 6.14. The molecule has 2 aliphatic rings. The Bertz CT molecular complexity index is 1960. The van der Waals surface area contributed by atoms with Gasteiger partial charge in [0.2, 0.25) is 0 Å². The van der Waals surface area contributed by atoms with E-state index in [-0.39, 0.29) is 11.8 Å². The number of nitrogens with one attached hydrogen (secondary N) is 4. The van der Waals surface area contributed by atoms with Gasteiger partial charge in [0.05, 0.1) is 24.6 Å². The number of aromatic nitrogens is 2. The third-order valence-corrected chi connectivity index (χ3v) is 8.61. The normalized spacial score (nSPS) is 14.5. The minimum absolute atomic E-state index is 0.203. The number of ether oxygens (including phenoxy) is 2. The van der Waals surface area contributed by atoms with Gasteiger partial charge in [0, 0.05) is 95.0 Å². The molecular weight excluding hydrogens is 580 g/mol. The Labute approximate surface area is 264 Å². The first-order valence-electron chi connectivity index (χ1n) is 15.4. The van der Waals surface area contributed by atoms with Gasteiger partial charge in [0.1, 0.15) is 0 Å². The summed E-state index contributed by atoms with van der Waals surface area (Å²) in [7, 11) is 0. The lowest BCUT2D eigenvalue weighted by Gasteiger charge is -2.35. The summed E-state index contributed by atoms with van der Waals surface area (Å²) >= 11 is 0. The van der Waals surface area contributed by atoms with E-state index < -0.39 is 0 Å². The molecule has 0 saturated carbocycles. The molecule has 0 radical (unpaired) electrons. The Hall–Kier alpha value is -5.58. The van der Waals surface area contributed by atoms with E-state index in [9.17, 15) is 9.59 Å². The number of H-pyrrole nitrogens is 2. The highest BCUT2D eigenvalue weighted by Gasteiger charge is 2.26. The van der Waals surface area contributed by atoms with Gasteiger partial charge >= 0.3 is 0 Å². The van der Waals surface area contributed by atoms with Gasteiger partial charge in [0.15, 0.2) is 11.5 Å². The lowest BCUT2D eigenvalue weighted by atomic mass is 10.1. The first kappa shape index (κ1) is 27.9. The van der Waals surface area contributed by atoms with Crippen LogP contribution in [0.2, 0.25) is 0 Å². The highest BCUT2D eigenvalue weighted by Crippen LogP contribution is 2.48. The van der Waals surface area contributed by atoms with E-state index in [1.165, 1.54) is 0 Å². The van der Waals surface area contributed by atoms with Crippen LogP contribution in [-0.2, 0) is 4.74 Å². The summed E-state index contributed by atoms with van der Waals surface area (Å²) in [6.45, 7) is 4.83. The Morgan fingerprint density at radius 2 is 1.20 bits per heavy atom. The molecule has 4 heterocycles. The van der Waals surface area contributed by atoms with E-state index >= 15 is 0 Å². The number of aromatic amines is 2. The molecule has 0 bridgehead atoms. The van der Waals surface area contributed by atoms with Gasteiger partial charge in [-0.05, 0) is 72.8 Å². The van der Waals surface area contributed by atoms with Gasteiger partial charge in [-0.25, -0.2) is 0 Å². The van der Waals surface area contributed by atoms with E-state index in [4.69, 9.17) is 9.47 Å². The van der Waals surface area contributed by atoms with Crippen molar-refractivity contribution >= 4 is 56.4 Å². The number of benzene rings is 4. The summed E-state index contributed by atoms with van der Waals surface area (Å²) in [5.41, 5.74) is 6.16. The molecule has 1 fully saturated rings. The number of hydrogen-bond acceptors (Lipinski definition) is 6. The fraction of sp³-hybridized carbons (Fsp3) is 0.167. The quantitative estimate of drug-likeness (QED) is 0.159. The zero-order valence-electron chi connectivity index (χ0n) is 25.0. The van der Waals surface area contributed by atoms with Gasteiger partial charge in [0.25, 0.3) is 11.8 Å². The van der Waals surface area contributed by atoms with Gasteiger partial charge in [-0.15, -0.1) is 0 Å². The van der Waals surface area contributed by atoms with Crippen molar-refractivity contribution in [2.24, 2.45) is 0 Å². The van der Waals surface area contributed by atoms with Gasteiger partial charge in [-0.1, -0.05) is 0 Å². The second-order valence-electron chi connectivity index (χ2n) is 11.5. The van der Waals surface area contributed by atoms with Crippen molar-refractivity contribution in [3.63, 3.8) is 0 Å². The average Bonchev–Trinajstić information content (AvgIpc) is 3.76. The van der Waals surface area contributed by atoms with Gasteiger partial charge in [-0.3, -0.25) is 14.5 Å². The van der Waals surface area contributed by atoms with E-state index in [0.29, 0.717) is 34.0 Å². The summed E-state index contributed by atoms with van der Waals surface area (Å²) in [6.07, 6.45) is 3.71. The number of morpholine rings is 1. The minimum atomic E-state index is -0.203. The second kappa shape index (κ2) is 11.7. The molecule has 0 aliphatic carbocycles. The van der Waals surface area contributed by atoms with Gasteiger partial charge in [-0.2, -0.15) is 0 Å². The molecule has 8 rings (SSSR count). The first-order chi connectivity index (χ1) is 22.6. The number of amides is 2. The van der Waals surface area contributed by atoms with Crippen molar-refractivity contribution in [3.8, 4) is 11.5 Å². The molecule has 0 atom stereocenters. The molecule has 2 amide bonds. The highest BCUT2D eigenvalue weighted by molar-refractivity contribution is 6.07. The largest absolute Gasteiger partial charge is 0.453 e. The Balaban J connectivity index is 1.06. The molecule has 6 aromatic rings.